The molecule has 1 aromatic rings. The minimum atomic E-state index is -0.122. The molecule has 0 saturated heterocycles. The van der Waals surface area contributed by atoms with Crippen LogP contribution in [0.5, 0.6) is 5.75 Å². The summed E-state index contributed by atoms with van der Waals surface area (Å²) < 4.78 is 5.29. The Bertz CT molecular complexity index is 587. The lowest BCUT2D eigenvalue weighted by molar-refractivity contribution is -0.114. The predicted molar refractivity (Wildman–Crippen MR) is 109 cm³/mol. The number of amides is 1. The Hall–Kier alpha value is -2.24. The summed E-state index contributed by atoms with van der Waals surface area (Å²) in [5.74, 6) is 1.98. The number of hydrogen-bond acceptors (Lipinski definition) is 3. The fourth-order valence-electron chi connectivity index (χ4n) is 2.74. The molecule has 0 radical (unpaired) electrons. The fraction of sp³-hybridized carbons (Fsp3) is 0.600. The maximum absolute atomic E-state index is 11.3. The Balaban J connectivity index is 2.61. The van der Waals surface area contributed by atoms with Crippen molar-refractivity contribution in [2.45, 2.75) is 53.0 Å². The minimum absolute atomic E-state index is 0.122. The van der Waals surface area contributed by atoms with Crippen molar-refractivity contribution >= 4 is 17.6 Å². The smallest absolute Gasteiger partial charge is 0.221 e. The SMILES string of the molecule is CCCCC(CC)CNC(=NC)NCc1ccc(OC)c(NC(C)=O)c1. The summed E-state index contributed by atoms with van der Waals surface area (Å²) in [6.07, 6.45) is 4.92. The number of benzene rings is 1. The summed E-state index contributed by atoms with van der Waals surface area (Å²) in [5.41, 5.74) is 1.71. The molecular weight excluding hydrogens is 328 g/mol. The van der Waals surface area contributed by atoms with Crippen LogP contribution in [-0.2, 0) is 11.3 Å². The molecule has 0 spiro atoms. The number of ether oxygens (including phenoxy) is 1. The monoisotopic (exact) mass is 362 g/mol. The Morgan fingerprint density at radius 3 is 2.62 bits per heavy atom. The molecule has 1 aromatic carbocycles. The molecule has 3 N–H and O–H groups in total. The molecule has 1 atom stereocenters. The molecule has 0 saturated carbocycles. The summed E-state index contributed by atoms with van der Waals surface area (Å²) in [5, 5.41) is 9.53. The van der Waals surface area contributed by atoms with Gasteiger partial charge in [-0.3, -0.25) is 9.79 Å². The second-order valence-electron chi connectivity index (χ2n) is 6.44. The van der Waals surface area contributed by atoms with Crippen LogP contribution in [0.25, 0.3) is 0 Å². The average Bonchev–Trinajstić information content (AvgIpc) is 2.63. The minimum Gasteiger partial charge on any atom is -0.495 e. The quantitative estimate of drug-likeness (QED) is 0.440. The second-order valence-corrected chi connectivity index (χ2v) is 6.44. The topological polar surface area (TPSA) is 74.8 Å². The van der Waals surface area contributed by atoms with Crippen molar-refractivity contribution in [1.82, 2.24) is 10.6 Å². The molecular formula is C20H34N4O2. The molecule has 6 nitrogen and oxygen atoms in total. The highest BCUT2D eigenvalue weighted by Gasteiger charge is 2.09. The van der Waals surface area contributed by atoms with E-state index in [0.717, 1.165) is 18.1 Å². The molecule has 26 heavy (non-hydrogen) atoms. The summed E-state index contributed by atoms with van der Waals surface area (Å²) in [7, 11) is 3.37. The molecule has 146 valence electrons. The van der Waals surface area contributed by atoms with E-state index in [9.17, 15) is 4.79 Å². The number of nitrogens with zero attached hydrogens (tertiary/aromatic N) is 1. The van der Waals surface area contributed by atoms with E-state index in [1.807, 2.05) is 18.2 Å². The van der Waals surface area contributed by atoms with Crippen LogP contribution in [0.1, 0.15) is 52.0 Å². The number of unbranched alkanes of at least 4 members (excludes halogenated alkanes) is 1. The van der Waals surface area contributed by atoms with Gasteiger partial charge in [0.1, 0.15) is 5.75 Å². The van der Waals surface area contributed by atoms with Crippen LogP contribution in [0.4, 0.5) is 5.69 Å². The maximum atomic E-state index is 11.3. The van der Waals surface area contributed by atoms with Gasteiger partial charge >= 0.3 is 0 Å². The van der Waals surface area contributed by atoms with E-state index in [1.54, 1.807) is 14.2 Å². The third kappa shape index (κ3) is 7.76. The molecule has 0 aliphatic rings. The number of nitrogens with one attached hydrogen (secondary N) is 3. The molecule has 0 bridgehead atoms. The van der Waals surface area contributed by atoms with Gasteiger partial charge in [-0.15, -0.1) is 0 Å². The lowest BCUT2D eigenvalue weighted by Crippen LogP contribution is -2.39. The molecule has 6 heteroatoms. The van der Waals surface area contributed by atoms with Crippen molar-refractivity contribution in [2.24, 2.45) is 10.9 Å². The van der Waals surface area contributed by atoms with E-state index < -0.39 is 0 Å². The van der Waals surface area contributed by atoms with Gasteiger partial charge in [0.2, 0.25) is 5.91 Å². The predicted octanol–water partition coefficient (Wildman–Crippen LogP) is 3.54. The van der Waals surface area contributed by atoms with E-state index in [1.165, 1.54) is 32.6 Å². The normalized spacial score (nSPS) is 12.4. The van der Waals surface area contributed by atoms with Crippen molar-refractivity contribution in [3.8, 4) is 5.75 Å². The van der Waals surface area contributed by atoms with Crippen molar-refractivity contribution < 1.29 is 9.53 Å². The Morgan fingerprint density at radius 2 is 2.04 bits per heavy atom. The van der Waals surface area contributed by atoms with Crippen LogP contribution in [0, 0.1) is 5.92 Å². The van der Waals surface area contributed by atoms with E-state index in [0.29, 0.717) is 23.9 Å². The average molecular weight is 363 g/mol. The zero-order valence-electron chi connectivity index (χ0n) is 16.8. The standard InChI is InChI=1S/C20H34N4O2/c1-6-8-9-16(7-2)13-22-20(21-4)23-14-17-10-11-19(26-5)18(12-17)24-15(3)25/h10-12,16H,6-9,13-14H2,1-5H3,(H,24,25)(H2,21,22,23). The van der Waals surface area contributed by atoms with Crippen LogP contribution < -0.4 is 20.7 Å². The third-order valence-corrected chi connectivity index (χ3v) is 4.36. The first-order valence-electron chi connectivity index (χ1n) is 9.42. The summed E-state index contributed by atoms with van der Waals surface area (Å²) in [6.45, 7) is 7.49. The number of carbonyl (C=O) groups is 1. The van der Waals surface area contributed by atoms with Gasteiger partial charge in [0.15, 0.2) is 5.96 Å². The zero-order chi connectivity index (χ0) is 19.4. The first-order valence-corrected chi connectivity index (χ1v) is 9.42. The first-order chi connectivity index (χ1) is 12.5. The van der Waals surface area contributed by atoms with Crippen LogP contribution in [-0.4, -0.2) is 32.6 Å². The first kappa shape index (κ1) is 21.8. The van der Waals surface area contributed by atoms with Gasteiger partial charge in [0, 0.05) is 27.1 Å². The van der Waals surface area contributed by atoms with E-state index in [2.05, 4.69) is 34.8 Å². The third-order valence-electron chi connectivity index (χ3n) is 4.36. The van der Waals surface area contributed by atoms with Crippen LogP contribution in [0.15, 0.2) is 23.2 Å². The van der Waals surface area contributed by atoms with Gasteiger partial charge in [0.05, 0.1) is 12.8 Å². The Morgan fingerprint density at radius 1 is 1.27 bits per heavy atom. The lowest BCUT2D eigenvalue weighted by Gasteiger charge is -2.18. The van der Waals surface area contributed by atoms with Crippen molar-refractivity contribution in [1.29, 1.82) is 0 Å². The highest BCUT2D eigenvalue weighted by molar-refractivity contribution is 5.90. The molecule has 0 aromatic heterocycles. The highest BCUT2D eigenvalue weighted by atomic mass is 16.5. The van der Waals surface area contributed by atoms with Gasteiger partial charge in [-0.25, -0.2) is 0 Å². The molecule has 0 aliphatic carbocycles. The van der Waals surface area contributed by atoms with Crippen molar-refractivity contribution in [2.75, 3.05) is 26.0 Å². The number of aliphatic imine (C=N–C) groups is 1. The Labute approximate surface area is 157 Å². The number of methoxy groups -OCH3 is 1. The van der Waals surface area contributed by atoms with E-state index in [-0.39, 0.29) is 5.91 Å². The number of carbonyl (C=O) groups excluding carboxylic acids is 1. The van der Waals surface area contributed by atoms with Crippen LogP contribution >= 0.6 is 0 Å². The van der Waals surface area contributed by atoms with Gasteiger partial charge in [-0.2, -0.15) is 0 Å². The maximum Gasteiger partial charge on any atom is 0.221 e. The number of hydrogen-bond donors (Lipinski definition) is 3. The number of anilines is 1. The molecule has 1 amide bonds. The summed E-state index contributed by atoms with van der Waals surface area (Å²) in [6, 6.07) is 5.74. The Kier molecular flexibility index (Phi) is 10.2. The van der Waals surface area contributed by atoms with Crippen LogP contribution in [0.2, 0.25) is 0 Å². The summed E-state index contributed by atoms with van der Waals surface area (Å²) >= 11 is 0. The summed E-state index contributed by atoms with van der Waals surface area (Å²) in [4.78, 5) is 15.6. The largest absolute Gasteiger partial charge is 0.495 e. The fourth-order valence-corrected chi connectivity index (χ4v) is 2.74. The van der Waals surface area contributed by atoms with Gasteiger partial charge in [0.25, 0.3) is 0 Å². The second kappa shape index (κ2) is 12.2. The van der Waals surface area contributed by atoms with Gasteiger partial charge < -0.3 is 20.7 Å². The van der Waals surface area contributed by atoms with Gasteiger partial charge in [-0.05, 0) is 30.0 Å². The molecule has 0 aliphatic heterocycles. The molecule has 0 heterocycles. The molecule has 1 rings (SSSR count). The van der Waals surface area contributed by atoms with E-state index >= 15 is 0 Å². The van der Waals surface area contributed by atoms with Crippen molar-refractivity contribution in [3.63, 3.8) is 0 Å². The lowest BCUT2D eigenvalue weighted by atomic mass is 9.99. The van der Waals surface area contributed by atoms with Crippen molar-refractivity contribution in [3.05, 3.63) is 23.8 Å². The van der Waals surface area contributed by atoms with Gasteiger partial charge in [-0.1, -0.05) is 39.2 Å². The number of rotatable bonds is 10. The molecule has 1 unspecified atom stereocenters. The zero-order valence-corrected chi connectivity index (χ0v) is 16.8. The van der Waals surface area contributed by atoms with Crippen LogP contribution in [0.3, 0.4) is 0 Å². The highest BCUT2D eigenvalue weighted by Crippen LogP contribution is 2.25. The van der Waals surface area contributed by atoms with E-state index in [4.69, 9.17) is 4.74 Å². The number of guanidine groups is 1. The molecule has 0 fully saturated rings.